The molecule has 1 fully saturated rings. The molecule has 0 saturated carbocycles. The molecule has 3 rings (SSSR count). The lowest BCUT2D eigenvalue weighted by Gasteiger charge is -2.32. The van der Waals surface area contributed by atoms with Crippen LogP contribution in [-0.2, 0) is 17.9 Å². The third kappa shape index (κ3) is 6.76. The van der Waals surface area contributed by atoms with Crippen LogP contribution in [0.1, 0.15) is 37.7 Å². The molecule has 0 aliphatic carbocycles. The number of likely N-dealkylation sites (tertiary alicyclic amines) is 1. The highest BCUT2D eigenvalue weighted by Crippen LogP contribution is 2.25. The summed E-state index contributed by atoms with van der Waals surface area (Å²) in [5.74, 6) is 2.18. The maximum Gasteiger partial charge on any atom is 0.220 e. The molecule has 7 nitrogen and oxygen atoms in total. The van der Waals surface area contributed by atoms with E-state index in [4.69, 9.17) is 9.47 Å². The van der Waals surface area contributed by atoms with Crippen LogP contribution in [0.4, 0.5) is 0 Å². The molecule has 2 aromatic rings. The normalized spacial score (nSPS) is 16.9. The number of carbonyl (C=O) groups is 1. The molecule has 1 aliphatic rings. The molecule has 1 amide bonds. The average Bonchev–Trinajstić information content (AvgIpc) is 3.30. The van der Waals surface area contributed by atoms with Gasteiger partial charge in [0.2, 0.25) is 5.91 Å². The van der Waals surface area contributed by atoms with Crippen molar-refractivity contribution in [3.05, 3.63) is 42.2 Å². The van der Waals surface area contributed by atoms with Crippen molar-refractivity contribution in [2.45, 2.75) is 45.2 Å². The van der Waals surface area contributed by atoms with Gasteiger partial charge < -0.3 is 19.7 Å². The van der Waals surface area contributed by atoms with Crippen molar-refractivity contribution >= 4 is 5.91 Å². The van der Waals surface area contributed by atoms with Crippen LogP contribution in [0.15, 0.2) is 36.7 Å². The zero-order valence-corrected chi connectivity index (χ0v) is 18.2. The fourth-order valence-electron chi connectivity index (χ4n) is 4.09. The summed E-state index contributed by atoms with van der Waals surface area (Å²) < 4.78 is 12.6. The van der Waals surface area contributed by atoms with Gasteiger partial charge in [0.1, 0.15) is 11.5 Å². The Morgan fingerprint density at radius 1 is 1.27 bits per heavy atom. The van der Waals surface area contributed by atoms with Crippen molar-refractivity contribution in [1.29, 1.82) is 0 Å². The number of aryl methyl sites for hydroxylation is 1. The van der Waals surface area contributed by atoms with E-state index in [9.17, 15) is 4.79 Å². The third-order valence-corrected chi connectivity index (χ3v) is 5.77. The van der Waals surface area contributed by atoms with E-state index in [0.717, 1.165) is 49.5 Å². The van der Waals surface area contributed by atoms with Crippen molar-refractivity contribution in [3.63, 3.8) is 0 Å². The Balaban J connectivity index is 1.36. The van der Waals surface area contributed by atoms with Gasteiger partial charge in [-0.15, -0.1) is 0 Å². The maximum absolute atomic E-state index is 12.4. The van der Waals surface area contributed by atoms with Crippen LogP contribution in [0.2, 0.25) is 0 Å². The fraction of sp³-hybridized carbons (Fsp3) is 0.565. The molecule has 0 bridgehead atoms. The number of ether oxygens (including phenoxy) is 2. The van der Waals surface area contributed by atoms with E-state index in [1.54, 1.807) is 14.2 Å². The molecule has 0 radical (unpaired) electrons. The summed E-state index contributed by atoms with van der Waals surface area (Å²) in [6.45, 7) is 4.79. The largest absolute Gasteiger partial charge is 0.497 e. The predicted molar refractivity (Wildman–Crippen MR) is 117 cm³/mol. The van der Waals surface area contributed by atoms with Crippen molar-refractivity contribution in [2.75, 3.05) is 33.9 Å². The van der Waals surface area contributed by atoms with Crippen LogP contribution in [-0.4, -0.2) is 54.4 Å². The smallest absolute Gasteiger partial charge is 0.220 e. The van der Waals surface area contributed by atoms with Crippen molar-refractivity contribution < 1.29 is 14.3 Å². The number of piperidine rings is 1. The lowest BCUT2D eigenvalue weighted by atomic mass is 9.93. The molecular formula is C23H34N4O3. The monoisotopic (exact) mass is 414 g/mol. The molecule has 1 unspecified atom stereocenters. The molecule has 1 saturated heterocycles. The molecule has 0 spiro atoms. The molecule has 1 N–H and O–H groups in total. The molecule has 164 valence electrons. The minimum absolute atomic E-state index is 0.101. The van der Waals surface area contributed by atoms with Gasteiger partial charge in [-0.3, -0.25) is 9.48 Å². The van der Waals surface area contributed by atoms with E-state index in [0.29, 0.717) is 18.9 Å². The number of amides is 1. The van der Waals surface area contributed by atoms with E-state index in [2.05, 4.69) is 15.3 Å². The van der Waals surface area contributed by atoms with Crippen LogP contribution in [0, 0.1) is 5.92 Å². The first-order valence-corrected chi connectivity index (χ1v) is 10.9. The summed E-state index contributed by atoms with van der Waals surface area (Å²) in [6.07, 6.45) is 8.91. The Kier molecular flexibility index (Phi) is 8.56. The maximum atomic E-state index is 12.4. The number of benzene rings is 1. The highest BCUT2D eigenvalue weighted by atomic mass is 16.5. The van der Waals surface area contributed by atoms with Crippen molar-refractivity contribution in [1.82, 2.24) is 20.0 Å². The van der Waals surface area contributed by atoms with Crippen LogP contribution in [0.3, 0.4) is 0 Å². The van der Waals surface area contributed by atoms with Gasteiger partial charge in [-0.25, -0.2) is 0 Å². The van der Waals surface area contributed by atoms with Gasteiger partial charge in [-0.1, -0.05) is 0 Å². The number of nitrogens with one attached hydrogen (secondary N) is 1. The van der Waals surface area contributed by atoms with Gasteiger partial charge in [0, 0.05) is 50.1 Å². The molecule has 1 atom stereocenters. The summed E-state index contributed by atoms with van der Waals surface area (Å²) in [6, 6.07) is 7.62. The minimum atomic E-state index is 0.101. The topological polar surface area (TPSA) is 68.6 Å². The minimum Gasteiger partial charge on any atom is -0.497 e. The first-order valence-electron chi connectivity index (χ1n) is 10.9. The zero-order chi connectivity index (χ0) is 21.2. The number of hydrogen-bond donors (Lipinski definition) is 1. The Hall–Kier alpha value is -2.54. The van der Waals surface area contributed by atoms with Crippen LogP contribution >= 0.6 is 0 Å². The first kappa shape index (κ1) is 22.2. The number of hydrogen-bond acceptors (Lipinski definition) is 5. The second-order valence-corrected chi connectivity index (χ2v) is 7.92. The average molecular weight is 415 g/mol. The van der Waals surface area contributed by atoms with Crippen molar-refractivity contribution in [3.8, 4) is 11.5 Å². The predicted octanol–water partition coefficient (Wildman–Crippen LogP) is 3.10. The first-order chi connectivity index (χ1) is 14.7. The standard InChI is InChI=1S/C23H34N4O3/c1-29-21-9-8-20(22(16-21)30-2)17-24-23(28)10-7-19-6-3-12-26(18-19)13-5-15-27-14-4-11-25-27/h4,8-9,11,14,16,19H,3,5-7,10,12-13,15,17-18H2,1-2H3,(H,24,28). The third-order valence-electron chi connectivity index (χ3n) is 5.77. The van der Waals surface area contributed by atoms with Gasteiger partial charge in [-0.05, 0) is 62.9 Å². The number of carbonyl (C=O) groups excluding carboxylic acids is 1. The Bertz CT molecular complexity index is 779. The molecule has 1 aromatic carbocycles. The van der Waals surface area contributed by atoms with E-state index < -0.39 is 0 Å². The summed E-state index contributed by atoms with van der Waals surface area (Å²) >= 11 is 0. The summed E-state index contributed by atoms with van der Waals surface area (Å²) in [7, 11) is 3.26. The molecule has 7 heteroatoms. The van der Waals surface area contributed by atoms with Gasteiger partial charge in [0.05, 0.1) is 14.2 Å². The second-order valence-electron chi connectivity index (χ2n) is 7.92. The van der Waals surface area contributed by atoms with Gasteiger partial charge in [-0.2, -0.15) is 5.10 Å². The second kappa shape index (κ2) is 11.6. The van der Waals surface area contributed by atoms with Crippen LogP contribution in [0.25, 0.3) is 0 Å². The highest BCUT2D eigenvalue weighted by molar-refractivity contribution is 5.75. The lowest BCUT2D eigenvalue weighted by molar-refractivity contribution is -0.121. The molecule has 2 heterocycles. The summed E-state index contributed by atoms with van der Waals surface area (Å²) in [4.78, 5) is 14.9. The van der Waals surface area contributed by atoms with E-state index in [1.165, 1.54) is 19.4 Å². The van der Waals surface area contributed by atoms with Gasteiger partial charge >= 0.3 is 0 Å². The molecule has 1 aromatic heterocycles. The number of rotatable bonds is 11. The SMILES string of the molecule is COc1ccc(CNC(=O)CCC2CCCN(CCCn3cccn3)C2)c(OC)c1. The zero-order valence-electron chi connectivity index (χ0n) is 18.2. The van der Waals surface area contributed by atoms with Gasteiger partial charge in [0.25, 0.3) is 0 Å². The lowest BCUT2D eigenvalue weighted by Crippen LogP contribution is -2.37. The molecule has 30 heavy (non-hydrogen) atoms. The number of nitrogens with zero attached hydrogens (tertiary/aromatic N) is 3. The fourth-order valence-corrected chi connectivity index (χ4v) is 4.09. The van der Waals surface area contributed by atoms with E-state index >= 15 is 0 Å². The quantitative estimate of drug-likeness (QED) is 0.612. The number of methoxy groups -OCH3 is 2. The Morgan fingerprint density at radius 3 is 2.93 bits per heavy atom. The summed E-state index contributed by atoms with van der Waals surface area (Å²) in [5.41, 5.74) is 0.952. The van der Waals surface area contributed by atoms with E-state index in [1.807, 2.05) is 41.3 Å². The number of aromatic nitrogens is 2. The van der Waals surface area contributed by atoms with Crippen molar-refractivity contribution in [2.24, 2.45) is 5.92 Å². The van der Waals surface area contributed by atoms with Crippen LogP contribution < -0.4 is 14.8 Å². The van der Waals surface area contributed by atoms with E-state index in [-0.39, 0.29) is 5.91 Å². The Labute approximate surface area is 179 Å². The summed E-state index contributed by atoms with van der Waals surface area (Å²) in [5, 5.41) is 7.29. The highest BCUT2D eigenvalue weighted by Gasteiger charge is 2.20. The molecular weight excluding hydrogens is 380 g/mol. The van der Waals surface area contributed by atoms with Crippen LogP contribution in [0.5, 0.6) is 11.5 Å². The van der Waals surface area contributed by atoms with Gasteiger partial charge in [0.15, 0.2) is 0 Å². The molecule has 1 aliphatic heterocycles. The Morgan fingerprint density at radius 2 is 2.17 bits per heavy atom.